The van der Waals surface area contributed by atoms with Crippen molar-refractivity contribution in [2.24, 2.45) is 5.73 Å². The fourth-order valence-electron chi connectivity index (χ4n) is 4.00. The van der Waals surface area contributed by atoms with Crippen molar-refractivity contribution in [3.05, 3.63) is 72.6 Å². The maximum absolute atomic E-state index is 13.4. The number of aromatic hydroxyl groups is 2. The quantitative estimate of drug-likeness (QED) is 0.428. The number of carbonyl (C=O) groups is 1. The molecule has 0 spiro atoms. The summed E-state index contributed by atoms with van der Waals surface area (Å²) >= 11 is 1.00. The van der Waals surface area contributed by atoms with E-state index in [-0.39, 0.29) is 49.2 Å². The van der Waals surface area contributed by atoms with Crippen LogP contribution in [0.4, 0.5) is 0 Å². The van der Waals surface area contributed by atoms with Gasteiger partial charge in [-0.05, 0) is 41.5 Å². The van der Waals surface area contributed by atoms with Crippen LogP contribution in [-0.2, 0) is 9.53 Å². The molecule has 1 aliphatic heterocycles. The van der Waals surface area contributed by atoms with Crippen LogP contribution in [0.15, 0.2) is 46.8 Å². The summed E-state index contributed by atoms with van der Waals surface area (Å²) in [5.41, 5.74) is 6.79. The Morgan fingerprint density at radius 2 is 1.75 bits per heavy atom. The lowest BCUT2D eigenvalue weighted by Crippen LogP contribution is -2.40. The Balaban J connectivity index is 2.07. The minimum atomic E-state index is -0.975. The first-order valence-corrected chi connectivity index (χ1v) is 11.3. The number of methoxy groups -OCH3 is 3. The number of nitriles is 1. The van der Waals surface area contributed by atoms with Gasteiger partial charge in [-0.3, -0.25) is 9.36 Å². The van der Waals surface area contributed by atoms with E-state index in [0.29, 0.717) is 11.1 Å². The SMILES string of the molecule is COC(=O)C1=c2s/c(=C\c3ccc(O)c(OC)c3)c(=O)n2C(N)=C(C#N)C1c1ccc(O)c(OC)c1. The number of hydrogen-bond acceptors (Lipinski definition) is 10. The smallest absolute Gasteiger partial charge is 0.337 e. The number of fused-ring (bicyclic) bond motifs is 1. The summed E-state index contributed by atoms with van der Waals surface area (Å²) in [5, 5.41) is 29.9. The van der Waals surface area contributed by atoms with Crippen molar-refractivity contribution in [2.75, 3.05) is 21.3 Å². The van der Waals surface area contributed by atoms with Gasteiger partial charge in [0.1, 0.15) is 10.5 Å². The lowest BCUT2D eigenvalue weighted by Gasteiger charge is -2.24. The molecule has 0 radical (unpaired) electrons. The van der Waals surface area contributed by atoms with Gasteiger partial charge in [0.2, 0.25) is 0 Å². The van der Waals surface area contributed by atoms with Gasteiger partial charge in [-0.15, -0.1) is 11.3 Å². The first-order chi connectivity index (χ1) is 17.2. The summed E-state index contributed by atoms with van der Waals surface area (Å²) in [4.78, 5) is 26.4. The van der Waals surface area contributed by atoms with Crippen molar-refractivity contribution >= 4 is 34.8 Å². The number of ether oxygens (including phenoxy) is 3. The Morgan fingerprint density at radius 3 is 2.36 bits per heavy atom. The lowest BCUT2D eigenvalue weighted by atomic mass is 9.83. The molecule has 10 nitrogen and oxygen atoms in total. The van der Waals surface area contributed by atoms with Crippen LogP contribution in [0.25, 0.3) is 17.5 Å². The van der Waals surface area contributed by atoms with E-state index in [2.05, 4.69) is 0 Å². The van der Waals surface area contributed by atoms with Crippen molar-refractivity contribution in [2.45, 2.75) is 5.92 Å². The zero-order chi connectivity index (χ0) is 26.1. The number of aromatic nitrogens is 1. The number of hydrogen-bond donors (Lipinski definition) is 3. The molecule has 4 rings (SSSR count). The first kappa shape index (κ1) is 24.4. The van der Waals surface area contributed by atoms with E-state index in [0.717, 1.165) is 15.9 Å². The van der Waals surface area contributed by atoms with Crippen molar-refractivity contribution in [3.63, 3.8) is 0 Å². The standard InChI is InChI=1S/C25H21N3O7S/c1-33-17-8-12(4-6-15(17)29)9-19-23(31)28-22(27)14(11-26)20(21(24(28)36-19)25(32)35-3)13-5-7-16(30)18(10-13)34-2/h4-10,20,29-30H,27H2,1-3H3/b19-9-. The Labute approximate surface area is 208 Å². The molecular formula is C25H21N3O7S. The van der Waals surface area contributed by atoms with E-state index in [4.69, 9.17) is 19.9 Å². The third-order valence-electron chi connectivity index (χ3n) is 5.71. The molecule has 0 bridgehead atoms. The molecule has 0 aliphatic carbocycles. The first-order valence-electron chi connectivity index (χ1n) is 10.5. The summed E-state index contributed by atoms with van der Waals surface area (Å²) in [7, 11) is 3.98. The van der Waals surface area contributed by atoms with Crippen LogP contribution < -0.4 is 30.0 Å². The highest BCUT2D eigenvalue weighted by molar-refractivity contribution is 7.07. The third kappa shape index (κ3) is 3.93. The van der Waals surface area contributed by atoms with Crippen LogP contribution in [0.5, 0.6) is 23.0 Å². The second-order valence-electron chi connectivity index (χ2n) is 7.67. The molecule has 2 heterocycles. The zero-order valence-corrected chi connectivity index (χ0v) is 20.3. The van der Waals surface area contributed by atoms with Crippen LogP contribution in [0.1, 0.15) is 17.0 Å². The summed E-state index contributed by atoms with van der Waals surface area (Å²) < 4.78 is 16.9. The zero-order valence-electron chi connectivity index (χ0n) is 19.4. The van der Waals surface area contributed by atoms with Crippen molar-refractivity contribution in [1.29, 1.82) is 5.26 Å². The van der Waals surface area contributed by atoms with Gasteiger partial charge in [0.05, 0.1) is 49.0 Å². The predicted molar refractivity (Wildman–Crippen MR) is 132 cm³/mol. The van der Waals surface area contributed by atoms with Crippen molar-refractivity contribution in [1.82, 2.24) is 4.57 Å². The number of phenols is 2. The van der Waals surface area contributed by atoms with Gasteiger partial charge in [0.15, 0.2) is 23.0 Å². The summed E-state index contributed by atoms with van der Waals surface area (Å²) in [6.07, 6.45) is 1.56. The number of esters is 1. The number of thiazole rings is 1. The van der Waals surface area contributed by atoms with Gasteiger partial charge >= 0.3 is 5.97 Å². The fourth-order valence-corrected chi connectivity index (χ4v) is 5.16. The molecule has 11 heteroatoms. The van der Waals surface area contributed by atoms with Crippen LogP contribution in [0, 0.1) is 11.3 Å². The minimum absolute atomic E-state index is 0.0339. The number of allylic oxidation sites excluding steroid dienone is 1. The minimum Gasteiger partial charge on any atom is -0.504 e. The van der Waals surface area contributed by atoms with Gasteiger partial charge in [-0.25, -0.2) is 4.79 Å². The average Bonchev–Trinajstić information content (AvgIpc) is 3.20. The number of phenolic OH excluding ortho intramolecular Hbond substituents is 2. The predicted octanol–water partition coefficient (Wildman–Crippen LogP) is 0.939. The number of rotatable bonds is 5. The molecule has 0 amide bonds. The Kier molecular flexibility index (Phi) is 6.46. The number of nitrogens with two attached hydrogens (primary N) is 1. The average molecular weight is 508 g/mol. The van der Waals surface area contributed by atoms with Crippen LogP contribution in [0.3, 0.4) is 0 Å². The summed E-state index contributed by atoms with van der Waals surface area (Å²) in [6.45, 7) is 0. The van der Waals surface area contributed by atoms with Crippen LogP contribution >= 0.6 is 11.3 Å². The van der Waals surface area contributed by atoms with E-state index in [1.807, 2.05) is 6.07 Å². The van der Waals surface area contributed by atoms with E-state index in [9.17, 15) is 25.1 Å². The monoisotopic (exact) mass is 507 g/mol. The van der Waals surface area contributed by atoms with Gasteiger partial charge in [0.25, 0.3) is 5.56 Å². The molecule has 0 fully saturated rings. The molecule has 1 unspecified atom stereocenters. The molecule has 1 aliphatic rings. The van der Waals surface area contributed by atoms with Crippen molar-refractivity contribution < 1.29 is 29.2 Å². The Bertz CT molecular complexity index is 1640. The summed E-state index contributed by atoms with van der Waals surface area (Å²) in [5.74, 6) is -1.67. The van der Waals surface area contributed by atoms with Gasteiger partial charge in [-0.2, -0.15) is 5.26 Å². The number of carbonyl (C=O) groups excluding carboxylic acids is 1. The lowest BCUT2D eigenvalue weighted by molar-refractivity contribution is -0.134. The van der Waals surface area contributed by atoms with E-state index in [1.54, 1.807) is 18.2 Å². The molecule has 36 heavy (non-hydrogen) atoms. The van der Waals surface area contributed by atoms with Crippen LogP contribution in [0.2, 0.25) is 0 Å². The topological polar surface area (TPSA) is 157 Å². The van der Waals surface area contributed by atoms with Crippen LogP contribution in [-0.4, -0.2) is 42.1 Å². The molecule has 2 aromatic carbocycles. The fraction of sp³-hybridized carbons (Fsp3) is 0.160. The Hall–Kier alpha value is -4.69. The maximum atomic E-state index is 13.4. The van der Waals surface area contributed by atoms with Crippen molar-refractivity contribution in [3.8, 4) is 29.1 Å². The maximum Gasteiger partial charge on any atom is 0.337 e. The molecule has 3 aromatic rings. The second-order valence-corrected chi connectivity index (χ2v) is 8.70. The molecular weight excluding hydrogens is 486 g/mol. The second kappa shape index (κ2) is 9.52. The summed E-state index contributed by atoms with van der Waals surface area (Å²) in [6, 6.07) is 11.0. The third-order valence-corrected chi connectivity index (χ3v) is 6.82. The van der Waals surface area contributed by atoms with E-state index >= 15 is 0 Å². The highest BCUT2D eigenvalue weighted by Gasteiger charge is 2.36. The number of benzene rings is 2. The Morgan fingerprint density at radius 1 is 1.11 bits per heavy atom. The van der Waals surface area contributed by atoms with Gasteiger partial charge < -0.3 is 30.2 Å². The van der Waals surface area contributed by atoms with Gasteiger partial charge in [0, 0.05) is 0 Å². The molecule has 4 N–H and O–H groups in total. The molecule has 1 aromatic heterocycles. The molecule has 0 saturated heterocycles. The number of nitrogens with zero attached hydrogens (tertiary/aromatic N) is 2. The largest absolute Gasteiger partial charge is 0.504 e. The molecule has 0 saturated carbocycles. The van der Waals surface area contributed by atoms with E-state index in [1.165, 1.54) is 45.6 Å². The molecule has 1 atom stereocenters. The highest BCUT2D eigenvalue weighted by atomic mass is 32.1. The normalized spacial score (nSPS) is 15.3. The van der Waals surface area contributed by atoms with Gasteiger partial charge in [-0.1, -0.05) is 12.1 Å². The molecule has 184 valence electrons. The highest BCUT2D eigenvalue weighted by Crippen LogP contribution is 2.39. The van der Waals surface area contributed by atoms with E-state index < -0.39 is 17.4 Å².